The Balaban J connectivity index is 1.55. The molecule has 10 nitrogen and oxygen atoms in total. The molecule has 0 saturated heterocycles. The summed E-state index contributed by atoms with van der Waals surface area (Å²) in [6.45, 7) is 3.63. The van der Waals surface area contributed by atoms with Gasteiger partial charge in [-0.3, -0.25) is 14.6 Å². The van der Waals surface area contributed by atoms with Crippen LogP contribution in [-0.4, -0.2) is 49.9 Å². The Hall–Kier alpha value is -3.73. The molecule has 33 heavy (non-hydrogen) atoms. The van der Waals surface area contributed by atoms with Crippen molar-refractivity contribution in [2.75, 3.05) is 11.1 Å². The summed E-state index contributed by atoms with van der Waals surface area (Å²) in [5.41, 5.74) is 1.68. The minimum Gasteiger partial charge on any atom is -0.480 e. The molecule has 0 aliphatic rings. The molecule has 0 radical (unpaired) electrons. The van der Waals surface area contributed by atoms with Crippen molar-refractivity contribution in [2.45, 2.75) is 31.5 Å². The molecule has 3 aromatic rings. The fourth-order valence-corrected chi connectivity index (χ4v) is 3.38. The van der Waals surface area contributed by atoms with E-state index in [0.29, 0.717) is 23.2 Å². The first-order valence-corrected chi connectivity index (χ1v) is 11.2. The molecule has 0 fully saturated rings. The largest absolute Gasteiger partial charge is 0.480 e. The second-order valence-corrected chi connectivity index (χ2v) is 8.13. The van der Waals surface area contributed by atoms with Gasteiger partial charge in [-0.15, -0.1) is 10.2 Å². The molecule has 2 heterocycles. The summed E-state index contributed by atoms with van der Waals surface area (Å²) >= 11 is 1.02. The maximum Gasteiger partial charge on any atom is 0.326 e. The Kier molecular flexibility index (Phi) is 8.14. The summed E-state index contributed by atoms with van der Waals surface area (Å²) in [4.78, 5) is 39.6. The number of hydrogen-bond acceptors (Lipinski definition) is 8. The van der Waals surface area contributed by atoms with E-state index in [2.05, 4.69) is 25.8 Å². The number of nitrogens with one attached hydrogen (secondary N) is 2. The smallest absolute Gasteiger partial charge is 0.326 e. The Morgan fingerprint density at radius 2 is 1.91 bits per heavy atom. The molecular formula is C22H23N5O5S. The summed E-state index contributed by atoms with van der Waals surface area (Å²) in [6, 6.07) is 9.25. The molecule has 0 saturated carbocycles. The number of anilines is 1. The van der Waals surface area contributed by atoms with Gasteiger partial charge in [0.2, 0.25) is 11.8 Å². The van der Waals surface area contributed by atoms with Gasteiger partial charge in [0.1, 0.15) is 6.04 Å². The number of aromatic nitrogens is 3. The fraction of sp³-hybridized carbons (Fsp3) is 0.273. The van der Waals surface area contributed by atoms with Crippen LogP contribution in [0.4, 0.5) is 5.69 Å². The van der Waals surface area contributed by atoms with Crippen LogP contribution in [0.25, 0.3) is 11.5 Å². The van der Waals surface area contributed by atoms with Crippen LogP contribution in [0.15, 0.2) is 58.4 Å². The quantitative estimate of drug-likeness (QED) is 0.381. The van der Waals surface area contributed by atoms with Gasteiger partial charge in [0.05, 0.1) is 11.3 Å². The van der Waals surface area contributed by atoms with E-state index in [4.69, 9.17) is 4.42 Å². The summed E-state index contributed by atoms with van der Waals surface area (Å²) in [7, 11) is 0. The van der Waals surface area contributed by atoms with Gasteiger partial charge in [0.15, 0.2) is 0 Å². The Labute approximate surface area is 194 Å². The first-order chi connectivity index (χ1) is 15.9. The van der Waals surface area contributed by atoms with Crippen molar-refractivity contribution in [3.8, 4) is 11.5 Å². The molecule has 0 spiro atoms. The number of aliphatic carboxylic acids is 1. The van der Waals surface area contributed by atoms with Gasteiger partial charge in [0, 0.05) is 23.6 Å². The number of thioether (sulfide) groups is 1. The maximum absolute atomic E-state index is 12.2. The summed E-state index contributed by atoms with van der Waals surface area (Å²) in [5, 5.41) is 22.6. The number of carbonyl (C=O) groups excluding carboxylic acids is 2. The van der Waals surface area contributed by atoms with Crippen LogP contribution in [0.2, 0.25) is 0 Å². The van der Waals surface area contributed by atoms with Crippen molar-refractivity contribution >= 4 is 35.2 Å². The van der Waals surface area contributed by atoms with Crippen LogP contribution in [0.1, 0.15) is 30.6 Å². The highest BCUT2D eigenvalue weighted by Gasteiger charge is 2.25. The predicted molar refractivity (Wildman–Crippen MR) is 122 cm³/mol. The molecule has 3 rings (SSSR count). The number of pyridine rings is 1. The molecule has 1 aromatic carbocycles. The van der Waals surface area contributed by atoms with E-state index in [-0.39, 0.29) is 28.7 Å². The minimum atomic E-state index is -1.07. The number of amides is 2. The zero-order valence-corrected chi connectivity index (χ0v) is 18.8. The van der Waals surface area contributed by atoms with Crippen molar-refractivity contribution in [2.24, 2.45) is 5.92 Å². The molecule has 11 heteroatoms. The fourth-order valence-electron chi connectivity index (χ4n) is 2.81. The highest BCUT2D eigenvalue weighted by atomic mass is 32.2. The highest BCUT2D eigenvalue weighted by molar-refractivity contribution is 7.99. The maximum atomic E-state index is 12.2. The van der Waals surface area contributed by atoms with Gasteiger partial charge in [-0.25, -0.2) is 4.79 Å². The number of carboxylic acid groups (broad SMARTS) is 1. The zero-order chi connectivity index (χ0) is 23.8. The van der Waals surface area contributed by atoms with Gasteiger partial charge < -0.3 is 20.2 Å². The molecule has 172 valence electrons. The number of hydrogen-bond donors (Lipinski definition) is 3. The third-order valence-electron chi connectivity index (χ3n) is 4.84. The average molecular weight is 470 g/mol. The molecule has 2 amide bonds. The van der Waals surface area contributed by atoms with Crippen molar-refractivity contribution in [1.82, 2.24) is 20.5 Å². The third-order valence-corrected chi connectivity index (χ3v) is 5.66. The summed E-state index contributed by atoms with van der Waals surface area (Å²) in [5.74, 6) is -1.76. The monoisotopic (exact) mass is 469 g/mol. The second-order valence-electron chi connectivity index (χ2n) is 7.20. The first-order valence-electron chi connectivity index (χ1n) is 10.2. The molecular weight excluding hydrogens is 446 g/mol. The lowest BCUT2D eigenvalue weighted by molar-refractivity contribution is -0.143. The van der Waals surface area contributed by atoms with Crippen LogP contribution in [0.5, 0.6) is 0 Å². The number of carbonyl (C=O) groups is 3. The van der Waals surface area contributed by atoms with Gasteiger partial charge in [-0.1, -0.05) is 32.0 Å². The lowest BCUT2D eigenvalue weighted by Crippen LogP contribution is -2.45. The SMILES string of the molecule is CC[C@H](C)[C@H](NC(=O)CSc1nnc(-c2ccc(NC(=O)c3cccnc3)cc2)o1)C(=O)O. The average Bonchev–Trinajstić information content (AvgIpc) is 3.30. The summed E-state index contributed by atoms with van der Waals surface area (Å²) < 4.78 is 5.58. The number of carboxylic acids is 1. The normalized spacial score (nSPS) is 12.5. The van der Waals surface area contributed by atoms with Crippen molar-refractivity contribution < 1.29 is 23.9 Å². The second kappa shape index (κ2) is 11.2. The van der Waals surface area contributed by atoms with E-state index in [0.717, 1.165) is 11.8 Å². The van der Waals surface area contributed by atoms with E-state index in [1.165, 1.54) is 6.20 Å². The minimum absolute atomic E-state index is 0.0544. The topological polar surface area (TPSA) is 147 Å². The van der Waals surface area contributed by atoms with Crippen LogP contribution in [0.3, 0.4) is 0 Å². The molecule has 2 aromatic heterocycles. The number of rotatable bonds is 10. The highest BCUT2D eigenvalue weighted by Crippen LogP contribution is 2.24. The van der Waals surface area contributed by atoms with E-state index in [1.807, 2.05) is 6.92 Å². The van der Waals surface area contributed by atoms with E-state index in [9.17, 15) is 19.5 Å². The van der Waals surface area contributed by atoms with Crippen molar-refractivity contribution in [1.29, 1.82) is 0 Å². The number of benzene rings is 1. The summed E-state index contributed by atoms with van der Waals surface area (Å²) in [6.07, 6.45) is 3.70. The van der Waals surface area contributed by atoms with Gasteiger partial charge in [0.25, 0.3) is 11.1 Å². The van der Waals surface area contributed by atoms with E-state index >= 15 is 0 Å². The lowest BCUT2D eigenvalue weighted by Gasteiger charge is -2.19. The lowest BCUT2D eigenvalue weighted by atomic mass is 9.99. The first kappa shape index (κ1) is 23.9. The van der Waals surface area contributed by atoms with Crippen LogP contribution in [0, 0.1) is 5.92 Å². The molecule has 0 unspecified atom stereocenters. The predicted octanol–water partition coefficient (Wildman–Crippen LogP) is 3.09. The van der Waals surface area contributed by atoms with E-state index < -0.39 is 17.9 Å². The van der Waals surface area contributed by atoms with Crippen LogP contribution < -0.4 is 10.6 Å². The Bertz CT molecular complexity index is 1100. The zero-order valence-electron chi connectivity index (χ0n) is 18.0. The Morgan fingerprint density at radius 3 is 2.55 bits per heavy atom. The van der Waals surface area contributed by atoms with Gasteiger partial charge in [-0.2, -0.15) is 0 Å². The third kappa shape index (κ3) is 6.62. The molecule has 2 atom stereocenters. The van der Waals surface area contributed by atoms with Crippen molar-refractivity contribution in [3.63, 3.8) is 0 Å². The van der Waals surface area contributed by atoms with Gasteiger partial charge in [-0.05, 0) is 42.3 Å². The van der Waals surface area contributed by atoms with Crippen LogP contribution >= 0.6 is 11.8 Å². The molecule has 3 N–H and O–H groups in total. The Morgan fingerprint density at radius 1 is 1.15 bits per heavy atom. The van der Waals surface area contributed by atoms with Crippen molar-refractivity contribution in [3.05, 3.63) is 54.4 Å². The van der Waals surface area contributed by atoms with Gasteiger partial charge >= 0.3 is 5.97 Å². The molecule has 0 aliphatic heterocycles. The van der Waals surface area contributed by atoms with Crippen LogP contribution in [-0.2, 0) is 9.59 Å². The van der Waals surface area contributed by atoms with E-state index in [1.54, 1.807) is 49.5 Å². The standard InChI is InChI=1S/C22H23N5O5S/c1-3-13(2)18(21(30)31)25-17(28)12-33-22-27-26-20(32-22)14-6-8-16(9-7-14)24-19(29)15-5-4-10-23-11-15/h4-11,13,18H,3,12H2,1-2H3,(H,24,29)(H,25,28)(H,30,31)/t13-,18-/m0/s1. The molecule has 0 bridgehead atoms. The number of nitrogens with zero attached hydrogens (tertiary/aromatic N) is 3. The molecule has 0 aliphatic carbocycles.